The molecule has 0 radical (unpaired) electrons. The van der Waals surface area contributed by atoms with Crippen LogP contribution in [0.3, 0.4) is 0 Å². The molecule has 0 spiro atoms. The Bertz CT molecular complexity index is 1090. The van der Waals surface area contributed by atoms with E-state index in [2.05, 4.69) is 16.5 Å². The Balaban J connectivity index is 1.71. The molecule has 31 heavy (non-hydrogen) atoms. The molecule has 0 aliphatic heterocycles. The quantitative estimate of drug-likeness (QED) is 0.499. The molecule has 7 nitrogen and oxygen atoms in total. The van der Waals surface area contributed by atoms with Crippen LogP contribution in [0.15, 0.2) is 53.6 Å². The molecule has 0 bridgehead atoms. The number of nitriles is 1. The van der Waals surface area contributed by atoms with Crippen molar-refractivity contribution in [3.8, 4) is 23.3 Å². The van der Waals surface area contributed by atoms with Gasteiger partial charge in [-0.25, -0.2) is 4.68 Å². The van der Waals surface area contributed by atoms with E-state index in [9.17, 15) is 10.1 Å². The van der Waals surface area contributed by atoms with E-state index in [1.807, 2.05) is 54.8 Å². The van der Waals surface area contributed by atoms with Crippen LogP contribution in [0.5, 0.6) is 11.5 Å². The summed E-state index contributed by atoms with van der Waals surface area (Å²) < 4.78 is 12.2. The highest BCUT2D eigenvalue weighted by Crippen LogP contribution is 2.30. The van der Waals surface area contributed by atoms with Gasteiger partial charge < -0.3 is 14.8 Å². The molecule has 1 amide bonds. The second-order valence-electron chi connectivity index (χ2n) is 6.68. The summed E-state index contributed by atoms with van der Waals surface area (Å²) in [6.07, 6.45) is 3.53. The fraction of sp³-hybridized carbons (Fsp3) is 0.261. The number of hydrogen-bond acceptors (Lipinski definition) is 6. The zero-order chi connectivity index (χ0) is 22.2. The molecule has 0 aliphatic rings. The van der Waals surface area contributed by atoms with Crippen LogP contribution in [0.25, 0.3) is 5.69 Å². The van der Waals surface area contributed by atoms with Crippen molar-refractivity contribution < 1.29 is 14.3 Å². The van der Waals surface area contributed by atoms with Crippen molar-refractivity contribution in [3.63, 3.8) is 0 Å². The van der Waals surface area contributed by atoms with Gasteiger partial charge in [0.15, 0.2) is 17.3 Å². The minimum absolute atomic E-state index is 0.165. The summed E-state index contributed by atoms with van der Waals surface area (Å²) in [6, 6.07) is 17.3. The average molecular weight is 437 g/mol. The van der Waals surface area contributed by atoms with E-state index in [1.54, 1.807) is 18.9 Å². The highest BCUT2D eigenvalue weighted by atomic mass is 32.2. The van der Waals surface area contributed by atoms with Crippen LogP contribution in [0.1, 0.15) is 24.0 Å². The first-order valence-electron chi connectivity index (χ1n) is 9.74. The second-order valence-corrected chi connectivity index (χ2v) is 7.48. The molecule has 160 valence electrons. The maximum absolute atomic E-state index is 12.7. The van der Waals surface area contributed by atoms with Gasteiger partial charge in [0.05, 0.1) is 19.9 Å². The third kappa shape index (κ3) is 5.19. The SMILES string of the molecule is COc1ccc(CCCC(=O)Nc2c(C#N)c(SC)nn2-c2ccccc2)cc1OC. The van der Waals surface area contributed by atoms with Gasteiger partial charge in [0.2, 0.25) is 5.91 Å². The van der Waals surface area contributed by atoms with E-state index in [-0.39, 0.29) is 5.91 Å². The topological polar surface area (TPSA) is 89.2 Å². The van der Waals surface area contributed by atoms with Crippen LogP contribution < -0.4 is 14.8 Å². The van der Waals surface area contributed by atoms with Gasteiger partial charge in [-0.05, 0) is 48.9 Å². The van der Waals surface area contributed by atoms with E-state index in [0.29, 0.717) is 47.2 Å². The Morgan fingerprint density at radius 1 is 1.16 bits per heavy atom. The number of rotatable bonds is 9. The van der Waals surface area contributed by atoms with Crippen LogP contribution in [-0.4, -0.2) is 36.2 Å². The molecule has 0 saturated heterocycles. The van der Waals surface area contributed by atoms with Gasteiger partial charge in [-0.1, -0.05) is 24.3 Å². The molecule has 0 saturated carbocycles. The molecule has 3 aromatic rings. The van der Waals surface area contributed by atoms with Gasteiger partial charge in [-0.3, -0.25) is 4.79 Å². The van der Waals surface area contributed by atoms with E-state index < -0.39 is 0 Å². The molecule has 2 aromatic carbocycles. The van der Waals surface area contributed by atoms with Crippen LogP contribution in [0.4, 0.5) is 5.82 Å². The maximum Gasteiger partial charge on any atom is 0.225 e. The van der Waals surface area contributed by atoms with Crippen LogP contribution in [-0.2, 0) is 11.2 Å². The highest BCUT2D eigenvalue weighted by Gasteiger charge is 2.20. The van der Waals surface area contributed by atoms with Gasteiger partial charge >= 0.3 is 0 Å². The molecule has 0 unspecified atom stereocenters. The maximum atomic E-state index is 12.7. The Labute approximate surface area is 186 Å². The van der Waals surface area contributed by atoms with Crippen molar-refractivity contribution in [2.24, 2.45) is 0 Å². The Morgan fingerprint density at radius 2 is 1.90 bits per heavy atom. The monoisotopic (exact) mass is 436 g/mol. The normalized spacial score (nSPS) is 10.4. The molecular formula is C23H24N4O3S. The molecule has 1 N–H and O–H groups in total. The lowest BCUT2D eigenvalue weighted by Gasteiger charge is -2.10. The molecular weight excluding hydrogens is 412 g/mol. The number of thioether (sulfide) groups is 1. The summed E-state index contributed by atoms with van der Waals surface area (Å²) in [5.74, 6) is 1.57. The first kappa shape index (κ1) is 22.2. The number of methoxy groups -OCH3 is 2. The van der Waals surface area contributed by atoms with E-state index in [4.69, 9.17) is 9.47 Å². The van der Waals surface area contributed by atoms with Crippen LogP contribution in [0, 0.1) is 11.3 Å². The lowest BCUT2D eigenvalue weighted by Crippen LogP contribution is -2.15. The molecule has 0 atom stereocenters. The minimum Gasteiger partial charge on any atom is -0.493 e. The zero-order valence-corrected chi connectivity index (χ0v) is 18.5. The predicted octanol–water partition coefficient (Wildman–Crippen LogP) is 4.44. The number of nitrogens with one attached hydrogen (secondary N) is 1. The number of benzene rings is 2. The smallest absolute Gasteiger partial charge is 0.225 e. The Morgan fingerprint density at radius 3 is 2.55 bits per heavy atom. The van der Waals surface area contributed by atoms with Crippen molar-refractivity contribution in [2.45, 2.75) is 24.3 Å². The highest BCUT2D eigenvalue weighted by molar-refractivity contribution is 7.98. The number of carbonyl (C=O) groups is 1. The number of ether oxygens (including phenoxy) is 2. The molecule has 0 fully saturated rings. The van der Waals surface area contributed by atoms with Crippen molar-refractivity contribution >= 4 is 23.5 Å². The van der Waals surface area contributed by atoms with Crippen molar-refractivity contribution in [2.75, 3.05) is 25.8 Å². The molecule has 8 heteroatoms. The second kappa shape index (κ2) is 10.5. The lowest BCUT2D eigenvalue weighted by molar-refractivity contribution is -0.116. The van der Waals surface area contributed by atoms with E-state index in [1.165, 1.54) is 11.8 Å². The van der Waals surface area contributed by atoms with Crippen molar-refractivity contribution in [1.29, 1.82) is 5.26 Å². The Kier molecular flexibility index (Phi) is 7.57. The van der Waals surface area contributed by atoms with Gasteiger partial charge in [0.25, 0.3) is 0 Å². The van der Waals surface area contributed by atoms with Crippen molar-refractivity contribution in [3.05, 3.63) is 59.7 Å². The minimum atomic E-state index is -0.165. The molecule has 0 aliphatic carbocycles. The number of aromatic nitrogens is 2. The first-order chi connectivity index (χ1) is 15.1. The number of hydrogen-bond donors (Lipinski definition) is 1. The summed E-state index contributed by atoms with van der Waals surface area (Å²) in [5.41, 5.74) is 2.20. The summed E-state index contributed by atoms with van der Waals surface area (Å²) in [7, 11) is 3.20. The first-order valence-corrected chi connectivity index (χ1v) is 11.0. The lowest BCUT2D eigenvalue weighted by atomic mass is 10.1. The van der Waals surface area contributed by atoms with E-state index >= 15 is 0 Å². The number of nitrogens with zero attached hydrogens (tertiary/aromatic N) is 3. The standard InChI is InChI=1S/C23H24N4O3S/c1-29-19-13-12-16(14-20(19)30-2)8-7-11-21(28)25-22-18(15-24)23(31-3)26-27(22)17-9-5-4-6-10-17/h4-6,9-10,12-14H,7-8,11H2,1-3H3,(H,25,28). The fourth-order valence-corrected chi connectivity index (χ4v) is 3.71. The third-order valence-electron chi connectivity index (χ3n) is 4.73. The van der Waals surface area contributed by atoms with Crippen molar-refractivity contribution in [1.82, 2.24) is 9.78 Å². The summed E-state index contributed by atoms with van der Waals surface area (Å²) >= 11 is 1.37. The van der Waals surface area contributed by atoms with Gasteiger partial charge in [0.1, 0.15) is 16.7 Å². The summed E-state index contributed by atoms with van der Waals surface area (Å²) in [5, 5.41) is 17.6. The Hall–Kier alpha value is -3.44. The molecule has 3 rings (SSSR count). The van der Waals surface area contributed by atoms with Gasteiger partial charge in [-0.2, -0.15) is 10.4 Å². The number of para-hydroxylation sites is 1. The molecule has 1 aromatic heterocycles. The number of aryl methyl sites for hydroxylation is 1. The fourth-order valence-electron chi connectivity index (χ4n) is 3.20. The summed E-state index contributed by atoms with van der Waals surface area (Å²) in [6.45, 7) is 0. The summed E-state index contributed by atoms with van der Waals surface area (Å²) in [4.78, 5) is 12.7. The zero-order valence-electron chi connectivity index (χ0n) is 17.7. The van der Waals surface area contributed by atoms with Crippen LogP contribution >= 0.6 is 11.8 Å². The largest absolute Gasteiger partial charge is 0.493 e. The van der Waals surface area contributed by atoms with E-state index in [0.717, 1.165) is 11.3 Å². The number of carbonyl (C=O) groups excluding carboxylic acids is 1. The predicted molar refractivity (Wildman–Crippen MR) is 121 cm³/mol. The number of anilines is 1. The van der Waals surface area contributed by atoms with Gasteiger partial charge in [0, 0.05) is 6.42 Å². The third-order valence-corrected chi connectivity index (χ3v) is 5.41. The molecule has 1 heterocycles. The van der Waals surface area contributed by atoms with Crippen LogP contribution in [0.2, 0.25) is 0 Å². The van der Waals surface area contributed by atoms with Gasteiger partial charge in [-0.15, -0.1) is 11.8 Å². The average Bonchev–Trinajstić information content (AvgIpc) is 3.16. The number of amides is 1.